The van der Waals surface area contributed by atoms with E-state index in [1.807, 2.05) is 37.3 Å². The van der Waals surface area contributed by atoms with Crippen molar-refractivity contribution in [2.45, 2.75) is 19.9 Å². The van der Waals surface area contributed by atoms with Crippen molar-refractivity contribution >= 4 is 34.8 Å². The van der Waals surface area contributed by atoms with Crippen LogP contribution in [0.1, 0.15) is 43.1 Å². The summed E-state index contributed by atoms with van der Waals surface area (Å²) in [6, 6.07) is 17.9. The fraction of sp³-hybridized carbons (Fsp3) is 0.219. The average Bonchev–Trinajstić information content (AvgIpc) is 3.50. The van der Waals surface area contributed by atoms with Crippen LogP contribution in [0.4, 0.5) is 11.4 Å². The molecule has 0 atom stereocenters. The molecule has 1 aliphatic carbocycles. The Kier molecular flexibility index (Phi) is 5.87. The first-order valence-electron chi connectivity index (χ1n) is 13.4. The lowest BCUT2D eigenvalue weighted by atomic mass is 9.91. The van der Waals surface area contributed by atoms with Gasteiger partial charge in [0.15, 0.2) is 0 Å². The number of aromatic nitrogens is 1. The number of hydrogen-bond acceptors (Lipinski definition) is 5. The smallest absolute Gasteiger partial charge is 0.267 e. The van der Waals surface area contributed by atoms with E-state index in [-0.39, 0.29) is 5.91 Å². The van der Waals surface area contributed by atoms with Crippen LogP contribution in [0.3, 0.4) is 0 Å². The molecule has 0 bridgehead atoms. The van der Waals surface area contributed by atoms with Gasteiger partial charge >= 0.3 is 0 Å². The van der Waals surface area contributed by atoms with Crippen LogP contribution in [0.5, 0.6) is 0 Å². The minimum atomic E-state index is -0.534. The summed E-state index contributed by atoms with van der Waals surface area (Å²) < 4.78 is 5.53. The molecule has 1 aromatic heterocycles. The highest BCUT2D eigenvalue weighted by Crippen LogP contribution is 2.47. The van der Waals surface area contributed by atoms with E-state index in [9.17, 15) is 9.59 Å². The zero-order chi connectivity index (χ0) is 27.5. The Balaban J connectivity index is 1.33. The molecule has 7 rings (SSSR count). The molecule has 1 fully saturated rings. The normalized spacial score (nSPS) is 15.7. The van der Waals surface area contributed by atoms with Crippen molar-refractivity contribution in [3.05, 3.63) is 99.3 Å². The van der Waals surface area contributed by atoms with Crippen LogP contribution in [0, 0.1) is 6.92 Å². The van der Waals surface area contributed by atoms with Crippen LogP contribution >= 0.6 is 11.6 Å². The second-order valence-electron chi connectivity index (χ2n) is 10.5. The number of nitrogens with two attached hydrogens (primary N) is 1. The zero-order valence-electron chi connectivity index (χ0n) is 22.0. The predicted octanol–water partition coefficient (Wildman–Crippen LogP) is 5.38. The maximum atomic E-state index is 13.4. The molecule has 2 amide bonds. The van der Waals surface area contributed by atoms with E-state index in [0.717, 1.165) is 69.0 Å². The van der Waals surface area contributed by atoms with Crippen molar-refractivity contribution in [1.82, 2.24) is 4.98 Å². The van der Waals surface area contributed by atoms with Gasteiger partial charge < -0.3 is 20.3 Å². The summed E-state index contributed by atoms with van der Waals surface area (Å²) in [5, 5.41) is 0.547. The highest BCUT2D eigenvalue weighted by Gasteiger charge is 2.32. The van der Waals surface area contributed by atoms with Gasteiger partial charge in [-0.25, -0.2) is 0 Å². The van der Waals surface area contributed by atoms with E-state index in [4.69, 9.17) is 22.1 Å². The van der Waals surface area contributed by atoms with E-state index in [1.54, 1.807) is 17.2 Å². The van der Waals surface area contributed by atoms with Crippen LogP contribution in [-0.2, 0) is 17.7 Å². The molecular weight excluding hydrogens is 524 g/mol. The molecule has 3 heterocycles. The lowest BCUT2D eigenvalue weighted by molar-refractivity contribution is 0.0987. The standard InChI is InChI=1S/C32H27ClN4O3/c1-18-23(3-2-4-28(18)37-17-19-5-6-21(33)15-25(19)32(37)39)27-16-35-30(31(34)38)26-14-20-13-22(7-8-24(20)29(26)27)36-9-11-40-12-10-36/h2-8,13,15-16H,9-12,14,17H2,1H3,(H2,34,38). The highest BCUT2D eigenvalue weighted by atomic mass is 35.5. The largest absolute Gasteiger partial charge is 0.378 e. The van der Waals surface area contributed by atoms with Crippen molar-refractivity contribution in [3.8, 4) is 22.3 Å². The number of pyridine rings is 1. The zero-order valence-corrected chi connectivity index (χ0v) is 22.8. The SMILES string of the molecule is Cc1c(-c2cnc(C(N)=O)c3c2-c2ccc(N4CCOCC4)cc2C3)cccc1N1Cc2ccc(Cl)cc2C1=O. The van der Waals surface area contributed by atoms with Crippen molar-refractivity contribution in [3.63, 3.8) is 0 Å². The summed E-state index contributed by atoms with van der Waals surface area (Å²) in [5.41, 5.74) is 16.6. The Morgan fingerprint density at radius 3 is 2.60 bits per heavy atom. The molecule has 40 heavy (non-hydrogen) atoms. The minimum absolute atomic E-state index is 0.0637. The molecule has 0 radical (unpaired) electrons. The van der Waals surface area contributed by atoms with Crippen LogP contribution in [0.25, 0.3) is 22.3 Å². The van der Waals surface area contributed by atoms with Crippen molar-refractivity contribution in [2.24, 2.45) is 5.73 Å². The molecule has 8 heteroatoms. The van der Waals surface area contributed by atoms with Gasteiger partial charge in [0, 0.05) is 53.2 Å². The van der Waals surface area contributed by atoms with E-state index in [2.05, 4.69) is 28.1 Å². The summed E-state index contributed by atoms with van der Waals surface area (Å²) >= 11 is 6.18. The molecule has 3 aromatic carbocycles. The van der Waals surface area contributed by atoms with Crippen LogP contribution < -0.4 is 15.5 Å². The second-order valence-corrected chi connectivity index (χ2v) is 10.9. The van der Waals surface area contributed by atoms with Crippen molar-refractivity contribution in [1.29, 1.82) is 0 Å². The number of carbonyl (C=O) groups excluding carboxylic acids is 2. The molecule has 200 valence electrons. The van der Waals surface area contributed by atoms with Gasteiger partial charge in [0.25, 0.3) is 11.8 Å². The van der Waals surface area contributed by atoms with E-state index < -0.39 is 5.91 Å². The quantitative estimate of drug-likeness (QED) is 0.325. The first kappa shape index (κ1) is 24.8. The van der Waals surface area contributed by atoms with Gasteiger partial charge in [-0.15, -0.1) is 0 Å². The summed E-state index contributed by atoms with van der Waals surface area (Å²) in [6.07, 6.45) is 2.33. The molecule has 0 spiro atoms. The van der Waals surface area contributed by atoms with Crippen LogP contribution in [0.15, 0.2) is 60.8 Å². The topological polar surface area (TPSA) is 88.8 Å². The lowest BCUT2D eigenvalue weighted by Crippen LogP contribution is -2.36. The number of carbonyl (C=O) groups is 2. The van der Waals surface area contributed by atoms with Gasteiger partial charge in [-0.1, -0.05) is 35.9 Å². The summed E-state index contributed by atoms with van der Waals surface area (Å²) in [7, 11) is 0. The fourth-order valence-corrected chi connectivity index (χ4v) is 6.48. The second kappa shape index (κ2) is 9.47. The van der Waals surface area contributed by atoms with Crippen LogP contribution in [-0.4, -0.2) is 43.1 Å². The van der Waals surface area contributed by atoms with Gasteiger partial charge in [-0.3, -0.25) is 14.6 Å². The fourth-order valence-electron chi connectivity index (χ4n) is 6.30. The number of halogens is 1. The van der Waals surface area contributed by atoms with E-state index >= 15 is 0 Å². The third-order valence-corrected chi connectivity index (χ3v) is 8.51. The number of primary amides is 1. The number of benzene rings is 3. The number of ether oxygens (including phenoxy) is 1. The average molecular weight is 551 g/mol. The Bertz CT molecular complexity index is 1730. The molecule has 7 nitrogen and oxygen atoms in total. The first-order chi connectivity index (χ1) is 19.4. The van der Waals surface area contributed by atoms with Crippen molar-refractivity contribution in [2.75, 3.05) is 36.1 Å². The Morgan fingerprint density at radius 2 is 1.80 bits per heavy atom. The molecule has 1 saturated heterocycles. The number of morpholine rings is 1. The molecule has 0 saturated carbocycles. The van der Waals surface area contributed by atoms with Gasteiger partial charge in [0.2, 0.25) is 0 Å². The van der Waals surface area contributed by atoms with Gasteiger partial charge in [0.1, 0.15) is 5.69 Å². The number of rotatable bonds is 4. The maximum Gasteiger partial charge on any atom is 0.267 e. The highest BCUT2D eigenvalue weighted by molar-refractivity contribution is 6.31. The third kappa shape index (κ3) is 3.88. The predicted molar refractivity (Wildman–Crippen MR) is 156 cm³/mol. The lowest BCUT2D eigenvalue weighted by Gasteiger charge is -2.29. The van der Waals surface area contributed by atoms with Gasteiger partial charge in [0.05, 0.1) is 19.8 Å². The Labute approximate surface area is 237 Å². The number of amides is 2. The number of nitrogens with zero attached hydrogens (tertiary/aromatic N) is 3. The van der Waals surface area contributed by atoms with Gasteiger partial charge in [-0.05, 0) is 76.2 Å². The first-order valence-corrected chi connectivity index (χ1v) is 13.8. The molecule has 3 aliphatic rings. The maximum absolute atomic E-state index is 13.4. The number of fused-ring (bicyclic) bond motifs is 4. The monoisotopic (exact) mass is 550 g/mol. The third-order valence-electron chi connectivity index (χ3n) is 8.28. The van der Waals surface area contributed by atoms with E-state index in [1.165, 1.54) is 0 Å². The molecule has 2 aliphatic heterocycles. The number of hydrogen-bond donors (Lipinski definition) is 1. The molecule has 0 unspecified atom stereocenters. The minimum Gasteiger partial charge on any atom is -0.378 e. The molecule has 4 aromatic rings. The summed E-state index contributed by atoms with van der Waals surface area (Å²) in [5.74, 6) is -0.597. The van der Waals surface area contributed by atoms with E-state index in [0.29, 0.717) is 42.5 Å². The Hall–Kier alpha value is -4.20. The molecule has 2 N–H and O–H groups in total. The van der Waals surface area contributed by atoms with Gasteiger partial charge in [-0.2, -0.15) is 0 Å². The van der Waals surface area contributed by atoms with Crippen LogP contribution in [0.2, 0.25) is 5.02 Å². The Morgan fingerprint density at radius 1 is 0.975 bits per heavy atom. The number of anilines is 2. The summed E-state index contributed by atoms with van der Waals surface area (Å²) in [6.45, 7) is 5.64. The van der Waals surface area contributed by atoms with Crippen molar-refractivity contribution < 1.29 is 14.3 Å². The summed E-state index contributed by atoms with van der Waals surface area (Å²) in [4.78, 5) is 34.5. The molecular formula is C32H27ClN4O3.